The van der Waals surface area contributed by atoms with E-state index in [1.807, 2.05) is 0 Å². The van der Waals surface area contributed by atoms with Crippen molar-refractivity contribution in [1.82, 2.24) is 4.57 Å². The van der Waals surface area contributed by atoms with Crippen LogP contribution in [0.2, 0.25) is 0 Å². The Morgan fingerprint density at radius 3 is 1.44 bits per heavy atom. The van der Waals surface area contributed by atoms with E-state index < -0.39 is 5.41 Å². The molecule has 328 valence electrons. The molecule has 1 aromatic heterocycles. The minimum atomic E-state index is -0.552. The quantitative estimate of drug-likeness (QED) is 0.151. The van der Waals surface area contributed by atoms with Gasteiger partial charge in [-0.25, -0.2) is 0 Å². The molecule has 0 saturated heterocycles. The van der Waals surface area contributed by atoms with E-state index in [0.29, 0.717) is 0 Å². The van der Waals surface area contributed by atoms with Gasteiger partial charge in [0.25, 0.3) is 0 Å². The van der Waals surface area contributed by atoms with Gasteiger partial charge in [-0.15, -0.1) is 0 Å². The Labute approximate surface area is 408 Å². The predicted octanol–water partition coefficient (Wildman–Crippen LogP) is 17.7. The molecule has 3 heteroatoms. The third kappa shape index (κ3) is 6.01. The van der Waals surface area contributed by atoms with Crippen LogP contribution in [-0.4, -0.2) is 4.57 Å². The van der Waals surface area contributed by atoms with E-state index in [9.17, 15) is 0 Å². The Bertz CT molecular complexity index is 3950. The van der Waals surface area contributed by atoms with Crippen molar-refractivity contribution in [3.8, 4) is 39.1 Å². The topological polar surface area (TPSA) is 11.4 Å². The number of fused-ring (bicyclic) bond motifs is 13. The molecule has 1 atom stereocenters. The maximum Gasteiger partial charge on any atom is 0.0726 e. The Kier molecular flexibility index (Phi) is 9.11. The van der Waals surface area contributed by atoms with Crippen LogP contribution in [0.15, 0.2) is 273 Å². The molecule has 11 aromatic carbocycles. The monoisotopic (exact) mass is 891 g/mol. The normalized spacial score (nSPS) is 14.1. The number of hydrogen-bond donors (Lipinski definition) is 0. The maximum absolute atomic E-state index is 2.49. The van der Waals surface area contributed by atoms with Crippen molar-refractivity contribution >= 4 is 55.9 Å². The second kappa shape index (κ2) is 16.0. The average molecular weight is 892 g/mol. The number of hydrogen-bond acceptors (Lipinski definition) is 2. The van der Waals surface area contributed by atoms with Crippen molar-refractivity contribution in [3.63, 3.8) is 0 Å². The molecule has 70 heavy (non-hydrogen) atoms. The first-order valence-corrected chi connectivity index (χ1v) is 24.2. The van der Waals surface area contributed by atoms with Gasteiger partial charge in [-0.2, -0.15) is 0 Å². The fraction of sp³-hybridized carbons (Fsp3) is 0.0149. The fourth-order valence-corrected chi connectivity index (χ4v) is 11.9. The maximum atomic E-state index is 2.49. The van der Waals surface area contributed by atoms with Crippen LogP contribution < -0.4 is 9.80 Å². The lowest BCUT2D eigenvalue weighted by atomic mass is 9.70. The van der Waals surface area contributed by atoms with Crippen LogP contribution in [0.4, 0.5) is 34.1 Å². The summed E-state index contributed by atoms with van der Waals surface area (Å²) in [7, 11) is 0. The highest BCUT2D eigenvalue weighted by atomic mass is 15.1. The number of para-hydroxylation sites is 4. The Balaban J connectivity index is 0.974. The van der Waals surface area contributed by atoms with Gasteiger partial charge in [-0.1, -0.05) is 182 Å². The van der Waals surface area contributed by atoms with Gasteiger partial charge in [0, 0.05) is 50.6 Å². The summed E-state index contributed by atoms with van der Waals surface area (Å²) in [4.78, 5) is 4.84. The third-order valence-electron chi connectivity index (χ3n) is 14.7. The molecule has 0 fully saturated rings. The van der Waals surface area contributed by atoms with Crippen molar-refractivity contribution in [2.75, 3.05) is 9.80 Å². The van der Waals surface area contributed by atoms with Crippen LogP contribution in [0.1, 0.15) is 22.3 Å². The largest absolute Gasteiger partial charge is 0.310 e. The summed E-state index contributed by atoms with van der Waals surface area (Å²) >= 11 is 0. The van der Waals surface area contributed by atoms with Gasteiger partial charge in [0.2, 0.25) is 0 Å². The smallest absolute Gasteiger partial charge is 0.0726 e. The molecule has 0 bridgehead atoms. The molecular formula is C67H45N3. The minimum absolute atomic E-state index is 0.552. The second-order valence-corrected chi connectivity index (χ2v) is 18.4. The number of nitrogens with zero attached hydrogens (tertiary/aromatic N) is 3. The molecule has 0 N–H and O–H groups in total. The number of anilines is 6. The van der Waals surface area contributed by atoms with Crippen molar-refractivity contribution < 1.29 is 0 Å². The van der Waals surface area contributed by atoms with E-state index in [2.05, 4.69) is 287 Å². The minimum Gasteiger partial charge on any atom is -0.310 e. The first-order chi connectivity index (χ1) is 34.7. The lowest BCUT2D eigenvalue weighted by Gasteiger charge is -2.32. The summed E-state index contributed by atoms with van der Waals surface area (Å²) in [6.07, 6.45) is 0. The Morgan fingerprint density at radius 2 is 0.729 bits per heavy atom. The Morgan fingerprint density at radius 1 is 0.257 bits per heavy atom. The van der Waals surface area contributed by atoms with Gasteiger partial charge >= 0.3 is 0 Å². The van der Waals surface area contributed by atoms with Crippen LogP contribution in [0.3, 0.4) is 0 Å². The first-order valence-electron chi connectivity index (χ1n) is 24.2. The van der Waals surface area contributed by atoms with E-state index >= 15 is 0 Å². The number of rotatable bonds is 8. The van der Waals surface area contributed by atoms with E-state index in [4.69, 9.17) is 0 Å². The van der Waals surface area contributed by atoms with E-state index in [0.717, 1.165) is 39.8 Å². The average Bonchev–Trinajstić information content (AvgIpc) is 4.03. The zero-order valence-corrected chi connectivity index (χ0v) is 38.3. The van der Waals surface area contributed by atoms with Crippen LogP contribution in [0.5, 0.6) is 0 Å². The van der Waals surface area contributed by atoms with Gasteiger partial charge in [-0.3, -0.25) is 0 Å². The zero-order chi connectivity index (χ0) is 46.2. The summed E-state index contributed by atoms with van der Waals surface area (Å²) in [6, 6.07) is 100. The summed E-state index contributed by atoms with van der Waals surface area (Å²) in [5.74, 6) is 0. The molecule has 1 heterocycles. The molecule has 1 unspecified atom stereocenters. The molecule has 12 aromatic rings. The van der Waals surface area contributed by atoms with E-state index in [-0.39, 0.29) is 0 Å². The molecule has 0 amide bonds. The van der Waals surface area contributed by atoms with Crippen molar-refractivity contribution in [2.24, 2.45) is 0 Å². The summed E-state index contributed by atoms with van der Waals surface area (Å²) < 4.78 is 2.41. The highest BCUT2D eigenvalue weighted by Gasteiger charge is 2.52. The molecule has 3 nitrogen and oxygen atoms in total. The standard InChI is InChI=1S/C67H45N3/c1-5-20-46(21-6-1)47-22-19-29-51(42-47)68(48-23-7-2-8-24-48)52-38-41-63-60(43-52)56-31-14-17-34-62(56)67(63)61-33-16-13-30-55(61)57-39-36-53(44-64(57)67)69(49-25-9-3-10-26-49)54-37-40-59-58-32-15-18-35-65(58)70(66(59)45-54)50-27-11-4-12-28-50/h1-45H. The molecule has 0 saturated carbocycles. The summed E-state index contributed by atoms with van der Waals surface area (Å²) in [5, 5.41) is 2.47. The van der Waals surface area contributed by atoms with Gasteiger partial charge in [-0.05, 0) is 147 Å². The lowest BCUT2D eigenvalue weighted by Crippen LogP contribution is -2.26. The summed E-state index contributed by atoms with van der Waals surface area (Å²) in [5.41, 5.74) is 22.2. The van der Waals surface area contributed by atoms with Gasteiger partial charge < -0.3 is 14.4 Å². The van der Waals surface area contributed by atoms with Crippen LogP contribution in [0, 0.1) is 0 Å². The van der Waals surface area contributed by atoms with Crippen molar-refractivity contribution in [1.29, 1.82) is 0 Å². The molecular weight excluding hydrogens is 847 g/mol. The second-order valence-electron chi connectivity index (χ2n) is 18.4. The van der Waals surface area contributed by atoms with Crippen LogP contribution in [-0.2, 0) is 5.41 Å². The predicted molar refractivity (Wildman–Crippen MR) is 292 cm³/mol. The first kappa shape index (κ1) is 39.9. The Hall–Kier alpha value is -9.18. The van der Waals surface area contributed by atoms with Crippen molar-refractivity contribution in [3.05, 3.63) is 295 Å². The SMILES string of the molecule is c1ccc(-c2cccc(N(c3ccccc3)c3ccc4c(c3)-c3ccccc3C43c4ccccc4-c4ccc(N(c5ccccc5)c5ccc6c7ccccc7n(-c7ccccc7)c6c5)cc43)c2)cc1. The van der Waals surface area contributed by atoms with Crippen molar-refractivity contribution in [2.45, 2.75) is 5.41 Å². The molecule has 2 aliphatic rings. The lowest BCUT2D eigenvalue weighted by molar-refractivity contribution is 0.793. The summed E-state index contributed by atoms with van der Waals surface area (Å²) in [6.45, 7) is 0. The number of aromatic nitrogens is 1. The van der Waals surface area contributed by atoms with Crippen LogP contribution >= 0.6 is 0 Å². The van der Waals surface area contributed by atoms with Gasteiger partial charge in [0.05, 0.1) is 16.4 Å². The van der Waals surface area contributed by atoms with E-state index in [1.54, 1.807) is 0 Å². The molecule has 0 aliphatic heterocycles. The molecule has 1 spiro atoms. The highest BCUT2D eigenvalue weighted by molar-refractivity contribution is 6.10. The highest BCUT2D eigenvalue weighted by Crippen LogP contribution is 2.64. The molecule has 2 aliphatic carbocycles. The number of benzene rings is 11. The van der Waals surface area contributed by atoms with E-state index in [1.165, 1.54) is 77.4 Å². The van der Waals surface area contributed by atoms with Gasteiger partial charge in [0.1, 0.15) is 0 Å². The van der Waals surface area contributed by atoms with Gasteiger partial charge in [0.15, 0.2) is 0 Å². The molecule has 14 rings (SSSR count). The van der Waals surface area contributed by atoms with Crippen LogP contribution in [0.25, 0.3) is 60.9 Å². The third-order valence-corrected chi connectivity index (χ3v) is 14.7. The fourth-order valence-electron chi connectivity index (χ4n) is 11.9. The zero-order valence-electron chi connectivity index (χ0n) is 38.3. The molecule has 0 radical (unpaired) electrons.